The third-order valence-electron chi connectivity index (χ3n) is 13.5. The highest BCUT2D eigenvalue weighted by atomic mass is 16.8. The van der Waals surface area contributed by atoms with Gasteiger partial charge in [-0.3, -0.25) is 0 Å². The molecule has 2 saturated heterocycles. The molecule has 0 aromatic rings. The number of ether oxygens (including phenoxy) is 3. The third kappa shape index (κ3) is 2.68. The minimum atomic E-state index is -0.726. The van der Waals surface area contributed by atoms with Gasteiger partial charge in [-0.25, -0.2) is 4.79 Å². The van der Waals surface area contributed by atoms with Crippen molar-refractivity contribution >= 4 is 6.16 Å². The van der Waals surface area contributed by atoms with Gasteiger partial charge in [-0.15, -0.1) is 0 Å². The number of fused-ring (bicyclic) bond motifs is 4. The molecule has 202 valence electrons. The number of carbonyl (C=O) groups is 1. The second kappa shape index (κ2) is 7.01. The fraction of sp³-hybridized carbons (Fsp3) is 0.967. The largest absolute Gasteiger partial charge is 0.509 e. The predicted molar refractivity (Wildman–Crippen MR) is 133 cm³/mol. The second-order valence-corrected chi connectivity index (χ2v) is 15.5. The van der Waals surface area contributed by atoms with Crippen molar-refractivity contribution in [2.45, 2.75) is 129 Å². The van der Waals surface area contributed by atoms with Crippen molar-refractivity contribution in [3.63, 3.8) is 0 Å². The zero-order chi connectivity index (χ0) is 25.6. The van der Waals surface area contributed by atoms with Crippen LogP contribution in [0.3, 0.4) is 0 Å². The maximum atomic E-state index is 12.1. The number of hydrogen-bond donors (Lipinski definition) is 2. The number of hydrogen-bond acceptors (Lipinski definition) is 6. The van der Waals surface area contributed by atoms with Crippen LogP contribution >= 0.6 is 0 Å². The molecule has 13 unspecified atom stereocenters. The van der Waals surface area contributed by atoms with Crippen molar-refractivity contribution in [2.24, 2.45) is 51.2 Å². The Balaban J connectivity index is 1.20. The Morgan fingerprint density at radius 2 is 1.67 bits per heavy atom. The first kappa shape index (κ1) is 24.2. The molecule has 36 heavy (non-hydrogen) atoms. The quantitative estimate of drug-likeness (QED) is 0.486. The van der Waals surface area contributed by atoms with Gasteiger partial charge in [0.2, 0.25) is 0 Å². The Kier molecular flexibility index (Phi) is 4.72. The maximum absolute atomic E-state index is 12.1. The minimum Gasteiger partial charge on any atom is -0.424 e. The summed E-state index contributed by atoms with van der Waals surface area (Å²) in [5, 5.41) is 22.9. The lowest BCUT2D eigenvalue weighted by Crippen LogP contribution is -2.55. The Hall–Kier alpha value is -0.850. The van der Waals surface area contributed by atoms with E-state index in [-0.39, 0.29) is 35.1 Å². The van der Waals surface area contributed by atoms with Crippen LogP contribution in [0.2, 0.25) is 0 Å². The average Bonchev–Trinajstić information content (AvgIpc) is 3.29. The van der Waals surface area contributed by atoms with Crippen molar-refractivity contribution in [1.29, 1.82) is 0 Å². The first-order valence-electron chi connectivity index (χ1n) is 14.7. The van der Waals surface area contributed by atoms with Crippen LogP contribution in [-0.2, 0) is 14.2 Å². The van der Waals surface area contributed by atoms with Crippen LogP contribution in [0.15, 0.2) is 0 Å². The van der Waals surface area contributed by atoms with Gasteiger partial charge in [0, 0.05) is 0 Å². The van der Waals surface area contributed by atoms with E-state index in [1.54, 1.807) is 0 Å². The molecule has 5 aliphatic carbocycles. The molecular weight excluding hydrogens is 456 g/mol. The van der Waals surface area contributed by atoms with Gasteiger partial charge in [0.1, 0.15) is 5.60 Å². The zero-order valence-corrected chi connectivity index (χ0v) is 23.0. The van der Waals surface area contributed by atoms with Gasteiger partial charge in [0.05, 0.1) is 24.4 Å². The van der Waals surface area contributed by atoms with Gasteiger partial charge in [0.25, 0.3) is 0 Å². The number of aliphatic hydroxyl groups is 2. The van der Waals surface area contributed by atoms with Crippen molar-refractivity contribution in [3.8, 4) is 0 Å². The summed E-state index contributed by atoms with van der Waals surface area (Å²) in [7, 11) is 0. The molecule has 0 aromatic heterocycles. The maximum Gasteiger partial charge on any atom is 0.509 e. The van der Waals surface area contributed by atoms with E-state index < -0.39 is 24.0 Å². The molecule has 7 aliphatic rings. The zero-order valence-electron chi connectivity index (χ0n) is 23.0. The molecule has 2 aliphatic heterocycles. The summed E-state index contributed by atoms with van der Waals surface area (Å²) in [4.78, 5) is 12.0. The smallest absolute Gasteiger partial charge is 0.424 e. The van der Waals surface area contributed by atoms with Gasteiger partial charge in [0.15, 0.2) is 6.10 Å². The molecule has 2 spiro atoms. The summed E-state index contributed by atoms with van der Waals surface area (Å²) in [6.07, 6.45) is 6.77. The number of cyclic esters (lactones) is 2. The summed E-state index contributed by atoms with van der Waals surface area (Å²) >= 11 is 0. The van der Waals surface area contributed by atoms with E-state index >= 15 is 0 Å². The number of rotatable bonds is 1. The summed E-state index contributed by atoms with van der Waals surface area (Å²) in [5.41, 5.74) is 0.0281. The van der Waals surface area contributed by atoms with Gasteiger partial charge in [-0.1, -0.05) is 27.7 Å². The van der Waals surface area contributed by atoms with Crippen LogP contribution in [0.5, 0.6) is 0 Å². The van der Waals surface area contributed by atoms with Gasteiger partial charge in [-0.2, -0.15) is 0 Å². The fourth-order valence-corrected chi connectivity index (χ4v) is 12.1. The van der Waals surface area contributed by atoms with E-state index in [2.05, 4.69) is 27.7 Å². The van der Waals surface area contributed by atoms with Crippen LogP contribution in [0.1, 0.15) is 92.9 Å². The summed E-state index contributed by atoms with van der Waals surface area (Å²) in [5.74, 6) is 2.10. The molecule has 2 N–H and O–H groups in total. The van der Waals surface area contributed by atoms with Gasteiger partial charge in [-0.05, 0) is 116 Å². The average molecular weight is 503 g/mol. The van der Waals surface area contributed by atoms with E-state index in [1.807, 2.05) is 13.8 Å². The van der Waals surface area contributed by atoms with Crippen LogP contribution < -0.4 is 0 Å². The first-order chi connectivity index (χ1) is 16.8. The normalized spacial score (nSPS) is 59.9. The Morgan fingerprint density at radius 1 is 0.917 bits per heavy atom. The van der Waals surface area contributed by atoms with Gasteiger partial charge >= 0.3 is 6.16 Å². The Bertz CT molecular complexity index is 976. The molecule has 0 amide bonds. The molecule has 13 atom stereocenters. The first-order valence-corrected chi connectivity index (χ1v) is 14.7. The molecule has 6 nitrogen and oxygen atoms in total. The van der Waals surface area contributed by atoms with E-state index in [0.29, 0.717) is 34.5 Å². The van der Waals surface area contributed by atoms with Crippen molar-refractivity contribution in [3.05, 3.63) is 0 Å². The Morgan fingerprint density at radius 3 is 2.36 bits per heavy atom. The standard InChI is InChI=1S/C30H46O6/c1-15-13-17(24-27(4,5)36-25(33)35-24)34-23-20(15)28(6)11-12-29-14-30(29)10-9-19(31)26(2,3)18(30)8-7-16(29)21(28)22(23)32/h15-24,31-32H,7-14H2,1-6H3. The Labute approximate surface area is 215 Å². The fourth-order valence-electron chi connectivity index (χ4n) is 12.1. The lowest BCUT2D eigenvalue weighted by Gasteiger charge is -2.59. The van der Waals surface area contributed by atoms with Crippen molar-refractivity contribution < 1.29 is 29.2 Å². The van der Waals surface area contributed by atoms with Crippen LogP contribution in [0.25, 0.3) is 0 Å². The third-order valence-corrected chi connectivity index (χ3v) is 13.5. The molecule has 7 fully saturated rings. The van der Waals surface area contributed by atoms with E-state index in [9.17, 15) is 15.0 Å². The lowest BCUT2D eigenvalue weighted by molar-refractivity contribution is -0.178. The molecule has 6 heteroatoms. The van der Waals surface area contributed by atoms with Crippen LogP contribution in [0.4, 0.5) is 4.79 Å². The van der Waals surface area contributed by atoms with E-state index in [0.717, 1.165) is 32.1 Å². The van der Waals surface area contributed by atoms with Crippen LogP contribution in [-0.4, -0.2) is 52.5 Å². The highest BCUT2D eigenvalue weighted by Crippen LogP contribution is 2.87. The SMILES string of the molecule is CC1CC(C2OC(=O)OC2(C)C)OC2C(O)C3C4CCC5C(C)(C)C(O)CCC56CC46CCC3(C)C12. The molecule has 0 radical (unpaired) electrons. The van der Waals surface area contributed by atoms with Crippen molar-refractivity contribution in [1.82, 2.24) is 0 Å². The monoisotopic (exact) mass is 502 g/mol. The van der Waals surface area contributed by atoms with Crippen LogP contribution in [0, 0.1) is 51.2 Å². The molecule has 2 heterocycles. The minimum absolute atomic E-state index is 0.0197. The predicted octanol–water partition coefficient (Wildman–Crippen LogP) is 5.08. The molecule has 7 rings (SSSR count). The topological polar surface area (TPSA) is 85.2 Å². The van der Waals surface area contributed by atoms with Gasteiger partial charge < -0.3 is 24.4 Å². The highest BCUT2D eigenvalue weighted by molar-refractivity contribution is 5.63. The second-order valence-electron chi connectivity index (χ2n) is 15.5. The molecule has 0 bridgehead atoms. The van der Waals surface area contributed by atoms with E-state index in [1.165, 1.54) is 19.3 Å². The highest BCUT2D eigenvalue weighted by Gasteiger charge is 2.82. The molecule has 5 saturated carbocycles. The number of carbonyl (C=O) groups excluding carboxylic acids is 1. The summed E-state index contributed by atoms with van der Waals surface area (Å²) < 4.78 is 17.8. The van der Waals surface area contributed by atoms with E-state index in [4.69, 9.17) is 14.2 Å². The number of aliphatic hydroxyl groups excluding tert-OH is 2. The lowest BCUT2D eigenvalue weighted by atomic mass is 9.46. The van der Waals surface area contributed by atoms with Crippen molar-refractivity contribution in [2.75, 3.05) is 0 Å². The molecular formula is C30H46O6. The molecule has 0 aromatic carbocycles. The summed E-state index contributed by atoms with van der Waals surface area (Å²) in [6, 6.07) is 0. The summed E-state index contributed by atoms with van der Waals surface area (Å²) in [6.45, 7) is 13.2.